The molecule has 180 valence electrons. The van der Waals surface area contributed by atoms with Crippen molar-refractivity contribution in [1.82, 2.24) is 24.5 Å². The number of carbonyl (C=O) groups excluding carboxylic acids is 1. The van der Waals surface area contributed by atoms with Crippen LogP contribution in [0.25, 0.3) is 5.65 Å². The fourth-order valence-corrected chi connectivity index (χ4v) is 4.31. The van der Waals surface area contributed by atoms with Crippen LogP contribution in [0.3, 0.4) is 0 Å². The Morgan fingerprint density at radius 2 is 2.12 bits per heavy atom. The molecule has 2 aliphatic rings. The van der Waals surface area contributed by atoms with E-state index in [4.69, 9.17) is 4.74 Å². The number of hydrogen-bond acceptors (Lipinski definition) is 8. The van der Waals surface area contributed by atoms with E-state index in [1.165, 1.54) is 10.7 Å². The van der Waals surface area contributed by atoms with Gasteiger partial charge in [-0.25, -0.2) is 18.3 Å². The van der Waals surface area contributed by atoms with Gasteiger partial charge in [0.1, 0.15) is 17.8 Å². The van der Waals surface area contributed by atoms with Gasteiger partial charge in [-0.2, -0.15) is 10.1 Å². The quantitative estimate of drug-likeness (QED) is 0.574. The lowest BCUT2D eigenvalue weighted by atomic mass is 9.95. The van der Waals surface area contributed by atoms with Crippen molar-refractivity contribution < 1.29 is 23.4 Å². The number of pyridine rings is 1. The zero-order chi connectivity index (χ0) is 23.9. The van der Waals surface area contributed by atoms with Crippen LogP contribution in [-0.4, -0.2) is 86.9 Å². The summed E-state index contributed by atoms with van der Waals surface area (Å²) in [6.45, 7) is 3.35. The largest absolute Gasteiger partial charge is 0.474 e. The Bertz CT molecular complexity index is 1210. The van der Waals surface area contributed by atoms with Gasteiger partial charge in [-0.05, 0) is 19.1 Å². The van der Waals surface area contributed by atoms with E-state index in [-0.39, 0.29) is 13.2 Å². The number of aliphatic hydroxyl groups is 1. The first-order valence-corrected chi connectivity index (χ1v) is 11.0. The number of halogens is 2. The topological polar surface area (TPSA) is 108 Å². The molecule has 0 bridgehead atoms. The average Bonchev–Trinajstić information content (AvgIpc) is 3.23. The minimum atomic E-state index is -2.39. The van der Waals surface area contributed by atoms with Gasteiger partial charge in [0.2, 0.25) is 5.88 Å². The maximum absolute atomic E-state index is 13.2. The highest BCUT2D eigenvalue weighted by Gasteiger charge is 2.32. The molecule has 0 aliphatic carbocycles. The van der Waals surface area contributed by atoms with Gasteiger partial charge in [0, 0.05) is 50.6 Å². The number of alkyl halides is 2. The molecule has 5 rings (SSSR count). The molecule has 0 unspecified atom stereocenters. The molecular formula is C22H25F2N7O3. The molecule has 3 aromatic rings. The average molecular weight is 473 g/mol. The first-order valence-electron chi connectivity index (χ1n) is 11.0. The standard InChI is InChI=1S/C22H25F2N7O3/c1-22(33)10-14-9-16(27-20(32)15-11-26-31-4-2-3-25-18(15)31)19(28-21(14)34-13-22)30-7-5-29(6-8-30)12-17(23)24/h2-4,9,11,17,33H,5-8,10,12-13H2,1H3,(H,27,32)/t22-/m1/s1. The number of fused-ring (bicyclic) bond motifs is 2. The maximum Gasteiger partial charge on any atom is 0.261 e. The number of rotatable bonds is 5. The summed E-state index contributed by atoms with van der Waals surface area (Å²) in [5.74, 6) is 0.485. The van der Waals surface area contributed by atoms with E-state index in [1.807, 2.05) is 4.90 Å². The van der Waals surface area contributed by atoms with E-state index in [0.29, 0.717) is 66.8 Å². The molecule has 0 spiro atoms. The van der Waals surface area contributed by atoms with Crippen LogP contribution in [0.5, 0.6) is 5.88 Å². The van der Waals surface area contributed by atoms with Crippen molar-refractivity contribution >= 4 is 23.1 Å². The van der Waals surface area contributed by atoms with Gasteiger partial charge in [-0.3, -0.25) is 9.69 Å². The van der Waals surface area contributed by atoms with Gasteiger partial charge in [0.05, 0.1) is 18.4 Å². The number of amides is 1. The molecule has 34 heavy (non-hydrogen) atoms. The van der Waals surface area contributed by atoms with Crippen LogP contribution in [0.4, 0.5) is 20.3 Å². The van der Waals surface area contributed by atoms with E-state index in [2.05, 4.69) is 20.4 Å². The fourth-order valence-electron chi connectivity index (χ4n) is 4.31. The summed E-state index contributed by atoms with van der Waals surface area (Å²) in [5, 5.41) is 17.5. The van der Waals surface area contributed by atoms with Crippen molar-refractivity contribution in [3.05, 3.63) is 41.9 Å². The number of carbonyl (C=O) groups is 1. The zero-order valence-corrected chi connectivity index (χ0v) is 18.6. The SMILES string of the molecule is C[C@]1(O)COc2nc(N3CCN(CC(F)F)CC3)c(NC(=O)c3cnn4cccnc34)cc2C1. The van der Waals surface area contributed by atoms with Gasteiger partial charge in [-0.1, -0.05) is 0 Å². The normalized spacial score (nSPS) is 20.9. The molecule has 2 N–H and O–H groups in total. The molecule has 5 heterocycles. The highest BCUT2D eigenvalue weighted by Crippen LogP contribution is 2.36. The van der Waals surface area contributed by atoms with Crippen molar-refractivity contribution in [2.75, 3.05) is 49.5 Å². The number of nitrogens with one attached hydrogen (secondary N) is 1. The van der Waals surface area contributed by atoms with Crippen LogP contribution in [0.1, 0.15) is 22.8 Å². The van der Waals surface area contributed by atoms with Crippen LogP contribution in [0, 0.1) is 0 Å². The van der Waals surface area contributed by atoms with Crippen LogP contribution < -0.4 is 15.0 Å². The second-order valence-electron chi connectivity index (χ2n) is 8.87. The maximum atomic E-state index is 13.2. The fraction of sp³-hybridized carbons (Fsp3) is 0.455. The summed E-state index contributed by atoms with van der Waals surface area (Å²) in [4.78, 5) is 25.7. The Morgan fingerprint density at radius 1 is 1.32 bits per heavy atom. The minimum Gasteiger partial charge on any atom is -0.474 e. The smallest absolute Gasteiger partial charge is 0.261 e. The number of ether oxygens (including phenoxy) is 1. The molecule has 1 fully saturated rings. The Balaban J connectivity index is 1.45. The van der Waals surface area contributed by atoms with Crippen molar-refractivity contribution in [2.24, 2.45) is 0 Å². The first kappa shape index (κ1) is 22.4. The van der Waals surface area contributed by atoms with Gasteiger partial charge in [0.25, 0.3) is 12.3 Å². The molecule has 2 aliphatic heterocycles. The monoisotopic (exact) mass is 473 g/mol. The highest BCUT2D eigenvalue weighted by molar-refractivity contribution is 6.09. The van der Waals surface area contributed by atoms with Crippen LogP contribution in [0.2, 0.25) is 0 Å². The molecule has 1 amide bonds. The summed E-state index contributed by atoms with van der Waals surface area (Å²) in [6.07, 6.45) is 2.66. The summed E-state index contributed by atoms with van der Waals surface area (Å²) in [6, 6.07) is 3.47. The third-order valence-electron chi connectivity index (χ3n) is 5.97. The summed E-state index contributed by atoms with van der Waals surface area (Å²) in [5.41, 5.74) is 0.783. The van der Waals surface area contributed by atoms with Crippen molar-refractivity contribution in [1.29, 1.82) is 0 Å². The third-order valence-corrected chi connectivity index (χ3v) is 5.97. The predicted molar refractivity (Wildman–Crippen MR) is 120 cm³/mol. The molecule has 1 saturated heterocycles. The van der Waals surface area contributed by atoms with Crippen molar-refractivity contribution in [2.45, 2.75) is 25.4 Å². The lowest BCUT2D eigenvalue weighted by molar-refractivity contribution is -0.00270. The summed E-state index contributed by atoms with van der Waals surface area (Å²) >= 11 is 0. The Hall–Kier alpha value is -3.38. The summed E-state index contributed by atoms with van der Waals surface area (Å²) in [7, 11) is 0. The van der Waals surface area contributed by atoms with E-state index >= 15 is 0 Å². The molecule has 1 atom stereocenters. The second-order valence-corrected chi connectivity index (χ2v) is 8.87. The second kappa shape index (κ2) is 8.76. The van der Waals surface area contributed by atoms with E-state index in [9.17, 15) is 18.7 Å². The zero-order valence-electron chi connectivity index (χ0n) is 18.6. The minimum absolute atomic E-state index is 0.106. The van der Waals surface area contributed by atoms with Crippen molar-refractivity contribution in [3.8, 4) is 5.88 Å². The number of anilines is 2. The molecular weight excluding hydrogens is 448 g/mol. The van der Waals surface area contributed by atoms with Crippen LogP contribution in [0.15, 0.2) is 30.7 Å². The van der Waals surface area contributed by atoms with Gasteiger partial charge >= 0.3 is 0 Å². The van der Waals surface area contributed by atoms with E-state index in [1.54, 1.807) is 36.4 Å². The molecule has 0 radical (unpaired) electrons. The number of nitrogens with zero attached hydrogens (tertiary/aromatic N) is 6. The Labute approximate surface area is 194 Å². The van der Waals surface area contributed by atoms with Gasteiger partial charge < -0.3 is 20.1 Å². The molecule has 3 aromatic heterocycles. The first-order chi connectivity index (χ1) is 16.3. The van der Waals surface area contributed by atoms with Gasteiger partial charge in [0.15, 0.2) is 11.5 Å². The highest BCUT2D eigenvalue weighted by atomic mass is 19.3. The lowest BCUT2D eigenvalue weighted by Gasteiger charge is -2.37. The molecule has 0 aromatic carbocycles. The third kappa shape index (κ3) is 4.50. The molecule has 12 heteroatoms. The van der Waals surface area contributed by atoms with Gasteiger partial charge in [-0.15, -0.1) is 0 Å². The number of hydrogen-bond donors (Lipinski definition) is 2. The number of aromatic nitrogens is 4. The molecule has 10 nitrogen and oxygen atoms in total. The van der Waals surface area contributed by atoms with E-state index in [0.717, 1.165) is 0 Å². The Morgan fingerprint density at radius 3 is 2.88 bits per heavy atom. The molecule has 0 saturated carbocycles. The van der Waals surface area contributed by atoms with Crippen molar-refractivity contribution in [3.63, 3.8) is 0 Å². The van der Waals surface area contributed by atoms with Crippen LogP contribution >= 0.6 is 0 Å². The lowest BCUT2D eigenvalue weighted by Crippen LogP contribution is -2.48. The Kier molecular flexibility index (Phi) is 5.78. The predicted octanol–water partition coefficient (Wildman–Crippen LogP) is 1.45. The van der Waals surface area contributed by atoms with E-state index < -0.39 is 17.9 Å². The number of piperazine rings is 1. The van der Waals surface area contributed by atoms with Crippen LogP contribution in [-0.2, 0) is 6.42 Å². The summed E-state index contributed by atoms with van der Waals surface area (Å²) < 4.78 is 32.8.